The van der Waals surface area contributed by atoms with Crippen LogP contribution < -0.4 is 0 Å². The lowest BCUT2D eigenvalue weighted by Gasteiger charge is -2.58. The van der Waals surface area contributed by atoms with E-state index in [9.17, 15) is 9.59 Å². The van der Waals surface area contributed by atoms with E-state index in [2.05, 4.69) is 6.58 Å². The van der Waals surface area contributed by atoms with Crippen LogP contribution in [0.1, 0.15) is 71.6 Å². The van der Waals surface area contributed by atoms with E-state index in [-0.39, 0.29) is 23.5 Å². The Hall–Kier alpha value is -1.32. The molecule has 5 aliphatic carbocycles. The van der Waals surface area contributed by atoms with Crippen molar-refractivity contribution in [1.29, 1.82) is 0 Å². The first-order valence-corrected chi connectivity index (χ1v) is 9.90. The molecule has 4 nitrogen and oxygen atoms in total. The molecule has 5 rings (SSSR count). The van der Waals surface area contributed by atoms with Crippen LogP contribution in [0.2, 0.25) is 0 Å². The van der Waals surface area contributed by atoms with E-state index < -0.39 is 5.60 Å². The molecule has 0 radical (unpaired) electrons. The van der Waals surface area contributed by atoms with Gasteiger partial charge >= 0.3 is 11.9 Å². The molecule has 0 aromatic rings. The van der Waals surface area contributed by atoms with Gasteiger partial charge in [-0.15, -0.1) is 0 Å². The van der Waals surface area contributed by atoms with Crippen molar-refractivity contribution in [3.8, 4) is 0 Å². The van der Waals surface area contributed by atoms with Gasteiger partial charge in [-0.05, 0) is 88.0 Å². The Balaban J connectivity index is 1.54. The molecular formula is C21H30O4. The normalized spacial score (nSPS) is 40.7. The van der Waals surface area contributed by atoms with Gasteiger partial charge in [0.05, 0.1) is 5.41 Å². The van der Waals surface area contributed by atoms with Crippen LogP contribution in [0.4, 0.5) is 0 Å². The topological polar surface area (TPSA) is 52.6 Å². The van der Waals surface area contributed by atoms with Gasteiger partial charge in [-0.1, -0.05) is 6.58 Å². The molecule has 25 heavy (non-hydrogen) atoms. The van der Waals surface area contributed by atoms with Crippen molar-refractivity contribution >= 4 is 11.9 Å². The first-order valence-electron chi connectivity index (χ1n) is 9.90. The number of ether oxygens (including phenoxy) is 2. The number of hydrogen-bond acceptors (Lipinski definition) is 4. The maximum Gasteiger partial charge on any atom is 0.312 e. The van der Waals surface area contributed by atoms with Crippen molar-refractivity contribution in [2.75, 3.05) is 0 Å². The SMILES string of the molecule is C=C(C)C1(OC(=O)C23CC4CC(C2)C(OC(C)=O)C(C4)C3)CCCC1. The molecule has 5 saturated carbocycles. The highest BCUT2D eigenvalue weighted by Crippen LogP contribution is 2.61. The molecular weight excluding hydrogens is 316 g/mol. The molecule has 138 valence electrons. The summed E-state index contributed by atoms with van der Waals surface area (Å²) in [5.74, 6) is 1.04. The average molecular weight is 346 g/mol. The standard InChI is InChI=1S/C21H30O4/c1-13(2)21(6-4-5-7-21)25-19(23)20-10-15-8-16(11-20)18(24-14(3)22)17(9-15)12-20/h15-18H,1,4-12H2,2-3H3. The van der Waals surface area contributed by atoms with Gasteiger partial charge in [0.1, 0.15) is 11.7 Å². The van der Waals surface area contributed by atoms with Crippen molar-refractivity contribution in [3.05, 3.63) is 12.2 Å². The van der Waals surface area contributed by atoms with Crippen molar-refractivity contribution in [2.45, 2.75) is 83.3 Å². The summed E-state index contributed by atoms with van der Waals surface area (Å²) in [7, 11) is 0. The van der Waals surface area contributed by atoms with Crippen molar-refractivity contribution in [3.63, 3.8) is 0 Å². The third-order valence-electron chi connectivity index (χ3n) is 7.40. The third kappa shape index (κ3) is 2.72. The lowest BCUT2D eigenvalue weighted by Crippen LogP contribution is -2.58. The Bertz CT molecular complexity index is 585. The van der Waals surface area contributed by atoms with Gasteiger partial charge in [0.2, 0.25) is 0 Å². The van der Waals surface area contributed by atoms with Crippen molar-refractivity contribution < 1.29 is 19.1 Å². The fourth-order valence-electron chi connectivity index (χ4n) is 6.46. The fourth-order valence-corrected chi connectivity index (χ4v) is 6.46. The molecule has 0 heterocycles. The highest BCUT2D eigenvalue weighted by molar-refractivity contribution is 5.78. The number of esters is 2. The second kappa shape index (κ2) is 5.85. The minimum Gasteiger partial charge on any atom is -0.462 e. The van der Waals surface area contributed by atoms with Gasteiger partial charge in [0.15, 0.2) is 0 Å². The molecule has 0 N–H and O–H groups in total. The number of rotatable bonds is 4. The largest absolute Gasteiger partial charge is 0.462 e. The first kappa shape index (κ1) is 17.1. The molecule has 5 fully saturated rings. The molecule has 4 bridgehead atoms. The van der Waals surface area contributed by atoms with E-state index in [1.54, 1.807) is 0 Å². The van der Waals surface area contributed by atoms with Crippen molar-refractivity contribution in [2.24, 2.45) is 23.2 Å². The maximum atomic E-state index is 13.3. The zero-order valence-corrected chi connectivity index (χ0v) is 15.5. The third-order valence-corrected chi connectivity index (χ3v) is 7.40. The van der Waals surface area contributed by atoms with E-state index in [4.69, 9.17) is 9.47 Å². The lowest BCUT2D eigenvalue weighted by molar-refractivity contribution is -0.201. The van der Waals surface area contributed by atoms with Crippen molar-refractivity contribution in [1.82, 2.24) is 0 Å². The zero-order chi connectivity index (χ0) is 17.8. The summed E-state index contributed by atoms with van der Waals surface area (Å²) in [6, 6.07) is 0. The minimum absolute atomic E-state index is 0.00178. The summed E-state index contributed by atoms with van der Waals surface area (Å²) in [5.41, 5.74) is 0.203. The maximum absolute atomic E-state index is 13.3. The molecule has 0 aromatic heterocycles. The predicted octanol–water partition coefficient (Wildman–Crippen LogP) is 4.18. The Morgan fingerprint density at radius 1 is 1.00 bits per heavy atom. The van der Waals surface area contributed by atoms with E-state index in [0.29, 0.717) is 17.8 Å². The summed E-state index contributed by atoms with van der Waals surface area (Å²) >= 11 is 0. The monoisotopic (exact) mass is 346 g/mol. The molecule has 0 amide bonds. The molecule has 5 aliphatic rings. The number of hydrogen-bond donors (Lipinski definition) is 0. The van der Waals surface area contributed by atoms with Gasteiger partial charge in [0.25, 0.3) is 0 Å². The van der Waals surface area contributed by atoms with E-state index in [0.717, 1.165) is 63.4 Å². The Labute approximate surface area is 150 Å². The number of carbonyl (C=O) groups excluding carboxylic acids is 2. The average Bonchev–Trinajstić information content (AvgIpc) is 3.00. The summed E-state index contributed by atoms with van der Waals surface area (Å²) in [6.07, 6.45) is 8.84. The first-order chi connectivity index (χ1) is 11.8. The van der Waals surface area contributed by atoms with Crippen LogP contribution in [0.25, 0.3) is 0 Å². The highest BCUT2D eigenvalue weighted by atomic mass is 16.6. The highest BCUT2D eigenvalue weighted by Gasteiger charge is 2.61. The fraction of sp³-hybridized carbons (Fsp3) is 0.810. The van der Waals surface area contributed by atoms with Crippen LogP contribution in [-0.2, 0) is 19.1 Å². The summed E-state index contributed by atoms with van der Waals surface area (Å²) < 4.78 is 11.9. The van der Waals surface area contributed by atoms with Crippen LogP contribution in [-0.4, -0.2) is 23.6 Å². The quantitative estimate of drug-likeness (QED) is 0.566. The molecule has 0 saturated heterocycles. The molecule has 2 unspecified atom stereocenters. The molecule has 2 atom stereocenters. The lowest BCUT2D eigenvalue weighted by atomic mass is 9.48. The van der Waals surface area contributed by atoms with Gasteiger partial charge in [-0.2, -0.15) is 0 Å². The van der Waals surface area contributed by atoms with Gasteiger partial charge < -0.3 is 9.47 Å². The zero-order valence-electron chi connectivity index (χ0n) is 15.5. The van der Waals surface area contributed by atoms with Crippen LogP contribution in [0.3, 0.4) is 0 Å². The van der Waals surface area contributed by atoms with Gasteiger partial charge in [-0.3, -0.25) is 9.59 Å². The molecule has 0 aliphatic heterocycles. The number of carbonyl (C=O) groups is 2. The van der Waals surface area contributed by atoms with Gasteiger partial charge in [0, 0.05) is 6.92 Å². The Kier molecular flexibility index (Phi) is 4.01. The van der Waals surface area contributed by atoms with E-state index >= 15 is 0 Å². The second-order valence-corrected chi connectivity index (χ2v) is 9.20. The summed E-state index contributed by atoms with van der Waals surface area (Å²) in [4.78, 5) is 24.8. The van der Waals surface area contributed by atoms with E-state index in [1.807, 2.05) is 6.92 Å². The van der Waals surface area contributed by atoms with Crippen LogP contribution in [0.15, 0.2) is 12.2 Å². The molecule has 0 spiro atoms. The van der Waals surface area contributed by atoms with Crippen LogP contribution in [0, 0.1) is 23.2 Å². The summed E-state index contributed by atoms with van der Waals surface area (Å²) in [6.45, 7) is 7.61. The Morgan fingerprint density at radius 3 is 2.12 bits per heavy atom. The second-order valence-electron chi connectivity index (χ2n) is 9.20. The predicted molar refractivity (Wildman–Crippen MR) is 93.6 cm³/mol. The summed E-state index contributed by atoms with van der Waals surface area (Å²) in [5, 5.41) is 0. The smallest absolute Gasteiger partial charge is 0.312 e. The molecule has 4 heteroatoms. The van der Waals surface area contributed by atoms with Crippen LogP contribution in [0.5, 0.6) is 0 Å². The van der Waals surface area contributed by atoms with Crippen LogP contribution >= 0.6 is 0 Å². The minimum atomic E-state index is -0.435. The Morgan fingerprint density at radius 2 is 1.60 bits per heavy atom. The van der Waals surface area contributed by atoms with E-state index in [1.165, 1.54) is 6.92 Å². The van der Waals surface area contributed by atoms with Gasteiger partial charge in [-0.25, -0.2) is 0 Å². The molecule has 0 aromatic carbocycles.